The Kier molecular flexibility index (Phi) is 14.6. The molecule has 0 spiro atoms. The Labute approximate surface area is 185 Å². The Balaban J connectivity index is 2.23. The quantitative estimate of drug-likeness (QED) is 0.155. The highest BCUT2D eigenvalue weighted by atomic mass is 16.5. The molecular formula is C26H46O4. The summed E-state index contributed by atoms with van der Waals surface area (Å²) in [7, 11) is 0. The molecule has 2 unspecified atom stereocenters. The van der Waals surface area contributed by atoms with Crippen LogP contribution in [0.4, 0.5) is 0 Å². The lowest BCUT2D eigenvalue weighted by molar-refractivity contribution is -0.159. The smallest absolute Gasteiger partial charge is 0.313 e. The molecule has 2 atom stereocenters. The maximum atomic E-state index is 12.5. The third-order valence-electron chi connectivity index (χ3n) is 5.84. The molecule has 0 N–H and O–H groups in total. The summed E-state index contributed by atoms with van der Waals surface area (Å²) in [4.78, 5) is 25.0. The lowest BCUT2D eigenvalue weighted by Gasteiger charge is -2.24. The van der Waals surface area contributed by atoms with Crippen LogP contribution in [0.3, 0.4) is 0 Å². The van der Waals surface area contributed by atoms with Crippen molar-refractivity contribution < 1.29 is 19.1 Å². The number of hydrogen-bond acceptors (Lipinski definition) is 4. The van der Waals surface area contributed by atoms with Crippen LogP contribution in [0.15, 0.2) is 12.2 Å². The van der Waals surface area contributed by atoms with Crippen LogP contribution in [-0.2, 0) is 19.1 Å². The summed E-state index contributed by atoms with van der Waals surface area (Å²) >= 11 is 0. The van der Waals surface area contributed by atoms with E-state index in [2.05, 4.69) is 27.7 Å². The molecular weight excluding hydrogens is 376 g/mol. The summed E-state index contributed by atoms with van der Waals surface area (Å²) < 4.78 is 11.0. The van der Waals surface area contributed by atoms with E-state index >= 15 is 0 Å². The van der Waals surface area contributed by atoms with Crippen molar-refractivity contribution in [2.75, 3.05) is 13.2 Å². The number of rotatable bonds is 16. The van der Waals surface area contributed by atoms with Crippen molar-refractivity contribution in [3.05, 3.63) is 12.2 Å². The minimum Gasteiger partial charge on any atom is -0.465 e. The van der Waals surface area contributed by atoms with Crippen molar-refractivity contribution in [3.8, 4) is 0 Å². The number of carbonyl (C=O) groups excluding carboxylic acids is 2. The fourth-order valence-electron chi connectivity index (χ4n) is 3.90. The lowest BCUT2D eigenvalue weighted by Crippen LogP contribution is -2.33. The van der Waals surface area contributed by atoms with Crippen molar-refractivity contribution in [1.29, 1.82) is 0 Å². The van der Waals surface area contributed by atoms with Crippen molar-refractivity contribution >= 4 is 11.9 Å². The predicted octanol–water partition coefficient (Wildman–Crippen LogP) is 6.87. The first-order valence-electron chi connectivity index (χ1n) is 12.4. The molecule has 1 rings (SSSR count). The SMILES string of the molecule is CC(C)CCCCCCOC(=O)C1C=CCCC1C(=O)OCCCCCCC(C)C. The van der Waals surface area contributed by atoms with Crippen molar-refractivity contribution in [2.24, 2.45) is 23.7 Å². The van der Waals surface area contributed by atoms with E-state index in [9.17, 15) is 9.59 Å². The molecule has 0 aromatic heterocycles. The lowest BCUT2D eigenvalue weighted by atomic mass is 9.84. The first-order chi connectivity index (χ1) is 14.4. The van der Waals surface area contributed by atoms with E-state index in [0.29, 0.717) is 19.6 Å². The zero-order valence-electron chi connectivity index (χ0n) is 20.0. The summed E-state index contributed by atoms with van der Waals surface area (Å²) in [5.41, 5.74) is 0. The van der Waals surface area contributed by atoms with Crippen molar-refractivity contribution in [2.45, 2.75) is 105 Å². The average Bonchev–Trinajstić information content (AvgIpc) is 2.71. The van der Waals surface area contributed by atoms with Crippen LogP contribution in [0, 0.1) is 23.7 Å². The number of unbranched alkanes of at least 4 members (excludes halogenated alkanes) is 6. The van der Waals surface area contributed by atoms with Gasteiger partial charge in [-0.25, -0.2) is 0 Å². The third kappa shape index (κ3) is 12.4. The molecule has 0 aromatic carbocycles. The maximum Gasteiger partial charge on any atom is 0.313 e. The van der Waals surface area contributed by atoms with Crippen molar-refractivity contribution in [1.82, 2.24) is 0 Å². The Bertz CT molecular complexity index is 495. The molecule has 174 valence electrons. The standard InChI is InChI=1S/C26H46O4/c1-21(2)15-9-5-7-13-19-29-25(27)23-17-11-12-18-24(23)26(28)30-20-14-8-6-10-16-22(3)4/h11,17,21-24H,5-10,12-16,18-20H2,1-4H3. The van der Waals surface area contributed by atoms with Gasteiger partial charge in [0.15, 0.2) is 0 Å². The molecule has 0 fully saturated rings. The highest BCUT2D eigenvalue weighted by Gasteiger charge is 2.35. The number of allylic oxidation sites excluding steroid dienone is 1. The Morgan fingerprint density at radius 2 is 1.27 bits per heavy atom. The van der Waals surface area contributed by atoms with Gasteiger partial charge in [-0.1, -0.05) is 91.2 Å². The van der Waals surface area contributed by atoms with E-state index < -0.39 is 11.8 Å². The normalized spacial score (nSPS) is 18.7. The summed E-state index contributed by atoms with van der Waals surface area (Å²) in [5.74, 6) is 0.111. The monoisotopic (exact) mass is 422 g/mol. The van der Waals surface area contributed by atoms with E-state index in [1.165, 1.54) is 38.5 Å². The second-order valence-corrected chi connectivity index (χ2v) is 9.67. The fraction of sp³-hybridized carbons (Fsp3) is 0.846. The molecule has 4 heteroatoms. The summed E-state index contributed by atoms with van der Waals surface area (Å²) in [6, 6.07) is 0. The van der Waals surface area contributed by atoms with Crippen LogP contribution in [0.5, 0.6) is 0 Å². The summed E-state index contributed by atoms with van der Waals surface area (Å²) in [6.45, 7) is 9.89. The van der Waals surface area contributed by atoms with Gasteiger partial charge in [0.1, 0.15) is 0 Å². The molecule has 30 heavy (non-hydrogen) atoms. The minimum absolute atomic E-state index is 0.239. The van der Waals surface area contributed by atoms with E-state index in [0.717, 1.165) is 43.9 Å². The number of carbonyl (C=O) groups is 2. The Morgan fingerprint density at radius 1 is 0.767 bits per heavy atom. The highest BCUT2D eigenvalue weighted by molar-refractivity contribution is 5.83. The molecule has 1 aliphatic carbocycles. The zero-order valence-corrected chi connectivity index (χ0v) is 20.0. The third-order valence-corrected chi connectivity index (χ3v) is 5.84. The topological polar surface area (TPSA) is 52.6 Å². The van der Waals surface area contributed by atoms with Gasteiger partial charge in [-0.05, 0) is 37.5 Å². The van der Waals surface area contributed by atoms with E-state index in [4.69, 9.17) is 9.47 Å². The molecule has 0 radical (unpaired) electrons. The van der Waals surface area contributed by atoms with Gasteiger partial charge in [0.2, 0.25) is 0 Å². The number of esters is 2. The molecule has 0 bridgehead atoms. The highest BCUT2D eigenvalue weighted by Crippen LogP contribution is 2.27. The maximum absolute atomic E-state index is 12.5. The number of ether oxygens (including phenoxy) is 2. The molecule has 0 heterocycles. The van der Waals surface area contributed by atoms with Crippen LogP contribution < -0.4 is 0 Å². The molecule has 0 amide bonds. The van der Waals surface area contributed by atoms with E-state index in [-0.39, 0.29) is 11.9 Å². The second kappa shape index (κ2) is 16.4. The van der Waals surface area contributed by atoms with E-state index in [1.54, 1.807) is 0 Å². The van der Waals surface area contributed by atoms with Crippen LogP contribution >= 0.6 is 0 Å². The van der Waals surface area contributed by atoms with Crippen LogP contribution in [0.2, 0.25) is 0 Å². The molecule has 0 aromatic rings. The van der Waals surface area contributed by atoms with Crippen molar-refractivity contribution in [3.63, 3.8) is 0 Å². The van der Waals surface area contributed by atoms with Gasteiger partial charge in [-0.2, -0.15) is 0 Å². The second-order valence-electron chi connectivity index (χ2n) is 9.67. The van der Waals surface area contributed by atoms with Crippen LogP contribution in [0.25, 0.3) is 0 Å². The van der Waals surface area contributed by atoms with Gasteiger partial charge < -0.3 is 9.47 Å². The fourth-order valence-corrected chi connectivity index (χ4v) is 3.90. The summed E-state index contributed by atoms with van der Waals surface area (Å²) in [5, 5.41) is 0. The van der Waals surface area contributed by atoms with Crippen LogP contribution in [-0.4, -0.2) is 25.2 Å². The molecule has 0 aliphatic heterocycles. The van der Waals surface area contributed by atoms with Gasteiger partial charge in [-0.3, -0.25) is 9.59 Å². The van der Waals surface area contributed by atoms with Gasteiger partial charge >= 0.3 is 11.9 Å². The largest absolute Gasteiger partial charge is 0.465 e. The Hall–Kier alpha value is -1.32. The van der Waals surface area contributed by atoms with Gasteiger partial charge in [0.25, 0.3) is 0 Å². The molecule has 1 aliphatic rings. The van der Waals surface area contributed by atoms with E-state index in [1.807, 2.05) is 12.2 Å². The zero-order chi connectivity index (χ0) is 22.2. The predicted molar refractivity (Wildman–Crippen MR) is 123 cm³/mol. The van der Waals surface area contributed by atoms with Crippen LogP contribution in [0.1, 0.15) is 105 Å². The number of hydrogen-bond donors (Lipinski definition) is 0. The summed E-state index contributed by atoms with van der Waals surface area (Å²) in [6.07, 6.45) is 16.6. The van der Waals surface area contributed by atoms with Gasteiger partial charge in [0, 0.05) is 0 Å². The molecule has 0 saturated carbocycles. The first kappa shape index (κ1) is 26.7. The minimum atomic E-state index is -0.488. The average molecular weight is 423 g/mol. The molecule has 4 nitrogen and oxygen atoms in total. The Morgan fingerprint density at radius 3 is 1.80 bits per heavy atom. The van der Waals surface area contributed by atoms with Gasteiger partial charge in [-0.15, -0.1) is 0 Å². The first-order valence-corrected chi connectivity index (χ1v) is 12.4. The molecule has 0 saturated heterocycles. The van der Waals surface area contributed by atoms with Gasteiger partial charge in [0.05, 0.1) is 25.0 Å².